The zero-order valence-electron chi connectivity index (χ0n) is 23.0. The summed E-state index contributed by atoms with van der Waals surface area (Å²) < 4.78 is 17.8. The Morgan fingerprint density at radius 2 is 2.02 bits per heavy atom. The molecule has 0 atom stereocenters. The van der Waals surface area contributed by atoms with Gasteiger partial charge in [0.15, 0.2) is 11.5 Å². The van der Waals surface area contributed by atoms with E-state index in [2.05, 4.69) is 15.3 Å². The predicted octanol–water partition coefficient (Wildman–Crippen LogP) is 5.74. The molecule has 2 aromatic carbocycles. The van der Waals surface area contributed by atoms with Crippen LogP contribution in [0.15, 0.2) is 47.0 Å². The first kappa shape index (κ1) is 26.1. The van der Waals surface area contributed by atoms with E-state index in [4.69, 9.17) is 29.1 Å². The highest BCUT2D eigenvalue weighted by atomic mass is 16.5. The van der Waals surface area contributed by atoms with E-state index in [1.807, 2.05) is 37.4 Å². The SMILES string of the molecule is COc1cc(C(=O)N(C)CC#N)ccc1Nc1nc(OC2CCCC2)c2c(-c3ccc4nc(C)oc4c3)c[nH]c2n1. The summed E-state index contributed by atoms with van der Waals surface area (Å²) in [5.41, 5.74) is 4.94. The number of methoxy groups -OCH3 is 1. The Morgan fingerprint density at radius 3 is 2.80 bits per heavy atom. The van der Waals surface area contributed by atoms with Gasteiger partial charge in [-0.05, 0) is 61.6 Å². The van der Waals surface area contributed by atoms with Gasteiger partial charge in [-0.1, -0.05) is 6.07 Å². The number of anilines is 2. The molecule has 0 aliphatic heterocycles. The lowest BCUT2D eigenvalue weighted by Crippen LogP contribution is -2.26. The molecule has 0 bridgehead atoms. The zero-order chi connectivity index (χ0) is 28.5. The van der Waals surface area contributed by atoms with Crippen LogP contribution in [0.5, 0.6) is 11.6 Å². The second-order valence-electron chi connectivity index (χ2n) is 10.1. The molecule has 1 aliphatic carbocycles. The molecule has 11 nitrogen and oxygen atoms in total. The molecule has 5 aromatic rings. The number of benzene rings is 2. The molecular weight excluding hydrogens is 522 g/mol. The second kappa shape index (κ2) is 10.8. The number of aromatic amines is 1. The Morgan fingerprint density at radius 1 is 1.20 bits per heavy atom. The first-order chi connectivity index (χ1) is 19.9. The molecule has 3 heterocycles. The maximum absolute atomic E-state index is 12.7. The van der Waals surface area contributed by atoms with E-state index < -0.39 is 0 Å². The number of carbonyl (C=O) groups excluding carboxylic acids is 1. The summed E-state index contributed by atoms with van der Waals surface area (Å²) in [5, 5.41) is 12.9. The van der Waals surface area contributed by atoms with E-state index in [1.165, 1.54) is 12.0 Å². The summed E-state index contributed by atoms with van der Waals surface area (Å²) in [6.07, 6.45) is 6.16. The number of aromatic nitrogens is 4. The Bertz CT molecular complexity index is 1800. The fourth-order valence-corrected chi connectivity index (χ4v) is 5.19. The Hall–Kier alpha value is -5.11. The van der Waals surface area contributed by atoms with Crippen LogP contribution in [-0.4, -0.2) is 57.5 Å². The van der Waals surface area contributed by atoms with E-state index in [0.29, 0.717) is 45.9 Å². The van der Waals surface area contributed by atoms with Crippen LogP contribution >= 0.6 is 0 Å². The van der Waals surface area contributed by atoms with Crippen LogP contribution in [0, 0.1) is 18.3 Å². The van der Waals surface area contributed by atoms with Gasteiger partial charge < -0.3 is 29.1 Å². The largest absolute Gasteiger partial charge is 0.495 e. The minimum Gasteiger partial charge on any atom is -0.495 e. The number of hydrogen-bond donors (Lipinski definition) is 2. The van der Waals surface area contributed by atoms with Crippen LogP contribution in [0.3, 0.4) is 0 Å². The van der Waals surface area contributed by atoms with Crippen LogP contribution in [0.25, 0.3) is 33.3 Å². The molecule has 11 heteroatoms. The van der Waals surface area contributed by atoms with Gasteiger partial charge in [-0.15, -0.1) is 0 Å². The van der Waals surface area contributed by atoms with Crippen LogP contribution in [-0.2, 0) is 0 Å². The maximum Gasteiger partial charge on any atom is 0.254 e. The summed E-state index contributed by atoms with van der Waals surface area (Å²) in [6.45, 7) is 1.82. The summed E-state index contributed by atoms with van der Waals surface area (Å²) in [7, 11) is 3.10. The molecule has 0 unspecified atom stereocenters. The van der Waals surface area contributed by atoms with Gasteiger partial charge in [-0.2, -0.15) is 15.2 Å². The smallest absolute Gasteiger partial charge is 0.254 e. The molecule has 3 aromatic heterocycles. The maximum atomic E-state index is 12.7. The number of hydrogen-bond acceptors (Lipinski definition) is 9. The number of nitrogens with one attached hydrogen (secondary N) is 2. The van der Waals surface area contributed by atoms with Gasteiger partial charge in [0.2, 0.25) is 11.8 Å². The first-order valence-electron chi connectivity index (χ1n) is 13.4. The first-order valence-corrected chi connectivity index (χ1v) is 13.4. The van der Waals surface area contributed by atoms with Gasteiger partial charge in [0.05, 0.1) is 24.3 Å². The minimum atomic E-state index is -0.279. The number of H-pyrrole nitrogens is 1. The number of nitriles is 1. The van der Waals surface area contributed by atoms with Crippen molar-refractivity contribution in [1.82, 2.24) is 24.8 Å². The molecule has 0 radical (unpaired) electrons. The van der Waals surface area contributed by atoms with Crippen molar-refractivity contribution < 1.29 is 18.7 Å². The fourth-order valence-electron chi connectivity index (χ4n) is 5.19. The average Bonchev–Trinajstić information content (AvgIpc) is 3.72. The number of fused-ring (bicyclic) bond motifs is 2. The zero-order valence-corrected chi connectivity index (χ0v) is 23.0. The minimum absolute atomic E-state index is 0.0111. The quantitative estimate of drug-likeness (QED) is 0.231. The Balaban J connectivity index is 1.38. The van der Waals surface area contributed by atoms with Gasteiger partial charge >= 0.3 is 0 Å². The second-order valence-corrected chi connectivity index (χ2v) is 10.1. The fraction of sp³-hybridized carbons (Fsp3) is 0.300. The van der Waals surface area contributed by atoms with Gasteiger partial charge in [-0.3, -0.25) is 4.79 Å². The van der Waals surface area contributed by atoms with Gasteiger partial charge in [0.25, 0.3) is 5.91 Å². The molecule has 1 aliphatic rings. The number of carbonyl (C=O) groups is 1. The normalized spacial score (nSPS) is 13.4. The lowest BCUT2D eigenvalue weighted by Gasteiger charge is -2.17. The number of ether oxygens (including phenoxy) is 2. The average molecular weight is 552 g/mol. The van der Waals surface area contributed by atoms with Crippen molar-refractivity contribution in [2.45, 2.75) is 38.7 Å². The molecule has 1 amide bonds. The highest BCUT2D eigenvalue weighted by Gasteiger charge is 2.23. The molecule has 2 N–H and O–H groups in total. The third-order valence-corrected chi connectivity index (χ3v) is 7.23. The highest BCUT2D eigenvalue weighted by Crippen LogP contribution is 2.38. The van der Waals surface area contributed by atoms with E-state index in [9.17, 15) is 4.79 Å². The van der Waals surface area contributed by atoms with Gasteiger partial charge in [-0.25, -0.2) is 4.98 Å². The topological polar surface area (TPSA) is 142 Å². The number of oxazole rings is 1. The summed E-state index contributed by atoms with van der Waals surface area (Å²) in [4.78, 5) is 31.2. The molecule has 0 saturated heterocycles. The van der Waals surface area contributed by atoms with Gasteiger partial charge in [0.1, 0.15) is 29.6 Å². The molecule has 1 saturated carbocycles. The lowest BCUT2D eigenvalue weighted by atomic mass is 10.1. The highest BCUT2D eigenvalue weighted by molar-refractivity contribution is 5.99. The van der Waals surface area contributed by atoms with E-state index >= 15 is 0 Å². The van der Waals surface area contributed by atoms with Crippen LogP contribution in [0.4, 0.5) is 11.6 Å². The van der Waals surface area contributed by atoms with Crippen molar-refractivity contribution in [2.24, 2.45) is 0 Å². The summed E-state index contributed by atoms with van der Waals surface area (Å²) in [6, 6.07) is 12.9. The third kappa shape index (κ3) is 5.12. The van der Waals surface area contributed by atoms with Crippen LogP contribution < -0.4 is 14.8 Å². The van der Waals surface area contributed by atoms with Gasteiger partial charge in [0, 0.05) is 31.3 Å². The van der Waals surface area contributed by atoms with Crippen molar-refractivity contribution in [3.63, 3.8) is 0 Å². The van der Waals surface area contributed by atoms with Crippen molar-refractivity contribution in [1.29, 1.82) is 5.26 Å². The van der Waals surface area contributed by atoms with Crippen molar-refractivity contribution >= 4 is 39.7 Å². The molecule has 0 spiro atoms. The van der Waals surface area contributed by atoms with E-state index in [-0.39, 0.29) is 18.6 Å². The van der Waals surface area contributed by atoms with Crippen molar-refractivity contribution in [2.75, 3.05) is 26.0 Å². The number of amides is 1. The molecule has 41 heavy (non-hydrogen) atoms. The lowest BCUT2D eigenvalue weighted by molar-refractivity contribution is 0.0811. The molecule has 1 fully saturated rings. The number of rotatable bonds is 8. The third-order valence-electron chi connectivity index (χ3n) is 7.23. The van der Waals surface area contributed by atoms with Crippen LogP contribution in [0.2, 0.25) is 0 Å². The van der Waals surface area contributed by atoms with Crippen molar-refractivity contribution in [3.05, 3.63) is 54.0 Å². The molecular formula is C30H29N7O4. The van der Waals surface area contributed by atoms with Crippen molar-refractivity contribution in [3.8, 4) is 28.8 Å². The molecule has 208 valence electrons. The van der Waals surface area contributed by atoms with E-state index in [1.54, 1.807) is 25.2 Å². The van der Waals surface area contributed by atoms with E-state index in [0.717, 1.165) is 47.7 Å². The Labute approximate surface area is 236 Å². The molecule has 6 rings (SSSR count). The standard InChI is InChI=1S/C30H29N7O4/c1-17-33-23-10-8-18(14-25(23)40-17)21-16-32-27-26(21)28(41-20-6-4-5-7-20)36-30(35-27)34-22-11-9-19(15-24(22)39-3)29(38)37(2)13-12-31/h8-11,14-16,20H,4-7,13H2,1-3H3,(H2,32,34,35,36). The van der Waals surface area contributed by atoms with Crippen LogP contribution in [0.1, 0.15) is 41.9 Å². The summed E-state index contributed by atoms with van der Waals surface area (Å²) >= 11 is 0. The summed E-state index contributed by atoms with van der Waals surface area (Å²) in [5.74, 6) is 1.57. The monoisotopic (exact) mass is 551 g/mol. The predicted molar refractivity (Wildman–Crippen MR) is 153 cm³/mol. The Kier molecular flexibility index (Phi) is 6.89. The number of aryl methyl sites for hydroxylation is 1. The number of nitrogens with zero attached hydrogens (tertiary/aromatic N) is 5.